The van der Waals surface area contributed by atoms with Gasteiger partial charge in [0.05, 0.1) is 18.9 Å². The fourth-order valence-electron chi connectivity index (χ4n) is 4.91. The zero-order valence-electron chi connectivity index (χ0n) is 24.8. The highest BCUT2D eigenvalue weighted by molar-refractivity contribution is 5.96. The van der Waals surface area contributed by atoms with Gasteiger partial charge < -0.3 is 25.0 Å². The van der Waals surface area contributed by atoms with Gasteiger partial charge in [0.1, 0.15) is 11.6 Å². The molecule has 1 saturated heterocycles. The Hall–Kier alpha value is -5.50. The number of halogens is 4. The first-order valence-corrected chi connectivity index (χ1v) is 14.6. The molecule has 10 nitrogen and oxygen atoms in total. The molecule has 0 aliphatic carbocycles. The van der Waals surface area contributed by atoms with Crippen molar-refractivity contribution < 1.29 is 36.6 Å². The van der Waals surface area contributed by atoms with Crippen molar-refractivity contribution in [3.63, 3.8) is 0 Å². The van der Waals surface area contributed by atoms with Gasteiger partial charge in [-0.2, -0.15) is 18.2 Å². The highest BCUT2D eigenvalue weighted by atomic mass is 19.4. The number of alkyl halides is 3. The molecule has 14 heteroatoms. The highest BCUT2D eigenvalue weighted by Gasteiger charge is 2.29. The molecule has 242 valence electrons. The van der Waals surface area contributed by atoms with Crippen LogP contribution in [0.2, 0.25) is 0 Å². The second kappa shape index (κ2) is 13.5. The van der Waals surface area contributed by atoms with Crippen molar-refractivity contribution in [2.75, 3.05) is 38.2 Å². The molecule has 0 radical (unpaired) electrons. The molecular weight excluding hydrogens is 620 g/mol. The number of rotatable bonds is 9. The minimum Gasteiger partial charge on any atom is -0.482 e. The van der Waals surface area contributed by atoms with E-state index in [0.29, 0.717) is 37.5 Å². The van der Waals surface area contributed by atoms with E-state index in [1.165, 1.54) is 34.8 Å². The van der Waals surface area contributed by atoms with Gasteiger partial charge in [-0.25, -0.2) is 8.91 Å². The van der Waals surface area contributed by atoms with Crippen LogP contribution < -0.4 is 15.4 Å². The number of morpholine rings is 1. The number of nitrogens with zero attached hydrogens (tertiary/aromatic N) is 4. The van der Waals surface area contributed by atoms with Gasteiger partial charge in [0.25, 0.3) is 11.8 Å². The summed E-state index contributed by atoms with van der Waals surface area (Å²) in [5.41, 5.74) is 3.58. The molecule has 0 spiro atoms. The van der Waals surface area contributed by atoms with Gasteiger partial charge in [-0.15, -0.1) is 5.10 Å². The standard InChI is InChI=1S/C33H28F4N6O4/c34-26-9-1-21(2-10-26)18-38-30(44)23-5-3-22(4-6-23)25-8-12-29-40-32(41-43(29)19-25)39-27-11-7-24(17-28(27)47-20-33(35,36)37)31(45)42-13-15-46-16-14-42/h1-12,17,19H,13-16,18,20H2,(H,38,44)(H,39,41). The molecule has 6 rings (SSSR count). The van der Waals surface area contributed by atoms with Crippen molar-refractivity contribution in [1.82, 2.24) is 24.8 Å². The number of nitrogens with one attached hydrogen (secondary N) is 2. The fraction of sp³-hybridized carbons (Fsp3) is 0.212. The monoisotopic (exact) mass is 648 g/mol. The van der Waals surface area contributed by atoms with Gasteiger partial charge in [0.2, 0.25) is 5.95 Å². The average molecular weight is 649 g/mol. The number of carbonyl (C=O) groups excluding carboxylic acids is 2. The van der Waals surface area contributed by atoms with Crippen LogP contribution in [0.25, 0.3) is 16.8 Å². The molecule has 0 saturated carbocycles. The maximum absolute atomic E-state index is 13.1. The minimum atomic E-state index is -4.59. The lowest BCUT2D eigenvalue weighted by Crippen LogP contribution is -2.40. The Morgan fingerprint density at radius 1 is 0.894 bits per heavy atom. The Kier molecular flexibility index (Phi) is 9.02. The van der Waals surface area contributed by atoms with E-state index in [9.17, 15) is 27.2 Å². The van der Waals surface area contributed by atoms with Crippen LogP contribution in [0.3, 0.4) is 0 Å². The topological polar surface area (TPSA) is 110 Å². The number of hydrogen-bond donors (Lipinski definition) is 2. The van der Waals surface area contributed by atoms with E-state index in [-0.39, 0.29) is 47.1 Å². The summed E-state index contributed by atoms with van der Waals surface area (Å²) in [6.45, 7) is 0.228. The number of anilines is 2. The van der Waals surface area contributed by atoms with Crippen molar-refractivity contribution >= 4 is 29.1 Å². The smallest absolute Gasteiger partial charge is 0.422 e. The maximum atomic E-state index is 13.1. The Labute approximate surface area is 265 Å². The molecule has 3 heterocycles. The summed E-state index contributed by atoms with van der Waals surface area (Å²) in [5, 5.41) is 10.1. The second-order valence-electron chi connectivity index (χ2n) is 10.7. The number of aromatic nitrogens is 3. The lowest BCUT2D eigenvalue weighted by atomic mass is 10.1. The van der Waals surface area contributed by atoms with E-state index >= 15 is 0 Å². The predicted octanol–water partition coefficient (Wildman–Crippen LogP) is 5.62. The van der Waals surface area contributed by atoms with E-state index in [4.69, 9.17) is 9.47 Å². The number of carbonyl (C=O) groups is 2. The number of ether oxygens (including phenoxy) is 2. The van der Waals surface area contributed by atoms with Crippen molar-refractivity contribution in [1.29, 1.82) is 0 Å². The minimum absolute atomic E-state index is 0.0967. The third-order valence-electron chi connectivity index (χ3n) is 7.34. The van der Waals surface area contributed by atoms with Crippen molar-refractivity contribution in [3.8, 4) is 16.9 Å². The number of pyridine rings is 1. The molecule has 0 atom stereocenters. The first-order chi connectivity index (χ1) is 22.6. The second-order valence-corrected chi connectivity index (χ2v) is 10.7. The van der Waals surface area contributed by atoms with E-state index in [1.54, 1.807) is 53.6 Å². The van der Waals surface area contributed by atoms with Gasteiger partial charge in [-0.3, -0.25) is 9.59 Å². The summed E-state index contributed by atoms with van der Waals surface area (Å²) in [4.78, 5) is 31.5. The molecule has 0 unspecified atom stereocenters. The maximum Gasteiger partial charge on any atom is 0.422 e. The summed E-state index contributed by atoms with van der Waals surface area (Å²) in [6, 6.07) is 20.6. The third-order valence-corrected chi connectivity index (χ3v) is 7.34. The molecule has 1 aliphatic heterocycles. The third kappa shape index (κ3) is 7.84. The number of benzene rings is 3. The van der Waals surface area contributed by atoms with Crippen molar-refractivity contribution in [2.24, 2.45) is 0 Å². The number of fused-ring (bicyclic) bond motifs is 1. The van der Waals surface area contributed by atoms with Crippen LogP contribution >= 0.6 is 0 Å². The summed E-state index contributed by atoms with van der Waals surface area (Å²) in [6.07, 6.45) is -2.87. The van der Waals surface area contributed by atoms with E-state index in [1.807, 2.05) is 6.07 Å². The molecule has 2 aromatic heterocycles. The van der Waals surface area contributed by atoms with Crippen LogP contribution in [-0.2, 0) is 11.3 Å². The summed E-state index contributed by atoms with van der Waals surface area (Å²) in [5.74, 6) is -1.05. The summed E-state index contributed by atoms with van der Waals surface area (Å²) < 4.78 is 64.1. The molecule has 47 heavy (non-hydrogen) atoms. The molecule has 2 amide bonds. The first-order valence-electron chi connectivity index (χ1n) is 14.6. The molecular formula is C33H28F4N6O4. The Morgan fingerprint density at radius 3 is 2.32 bits per heavy atom. The Bertz CT molecular complexity index is 1890. The van der Waals surface area contributed by atoms with Crippen molar-refractivity contribution in [3.05, 3.63) is 108 Å². The van der Waals surface area contributed by atoms with Gasteiger partial charge in [0, 0.05) is 42.5 Å². The molecule has 2 N–H and O–H groups in total. The highest BCUT2D eigenvalue weighted by Crippen LogP contribution is 2.31. The van der Waals surface area contributed by atoms with E-state index < -0.39 is 12.8 Å². The zero-order valence-corrected chi connectivity index (χ0v) is 24.8. The van der Waals surface area contributed by atoms with Crippen LogP contribution in [-0.4, -0.2) is 70.4 Å². The lowest BCUT2D eigenvalue weighted by molar-refractivity contribution is -0.153. The van der Waals surface area contributed by atoms with E-state index in [0.717, 1.165) is 16.7 Å². The molecule has 1 aliphatic rings. The van der Waals surface area contributed by atoms with Gasteiger partial charge in [0.15, 0.2) is 12.3 Å². The largest absolute Gasteiger partial charge is 0.482 e. The van der Waals surface area contributed by atoms with Gasteiger partial charge in [-0.1, -0.05) is 24.3 Å². The Balaban J connectivity index is 1.16. The van der Waals surface area contributed by atoms with Crippen LogP contribution in [0.15, 0.2) is 85.1 Å². The molecule has 0 bridgehead atoms. The molecule has 1 fully saturated rings. The zero-order chi connectivity index (χ0) is 33.0. The average Bonchev–Trinajstić information content (AvgIpc) is 3.49. The van der Waals surface area contributed by atoms with Crippen LogP contribution in [0.1, 0.15) is 26.3 Å². The van der Waals surface area contributed by atoms with Crippen LogP contribution in [0.4, 0.5) is 29.2 Å². The molecule has 3 aromatic carbocycles. The van der Waals surface area contributed by atoms with Crippen LogP contribution in [0, 0.1) is 5.82 Å². The quantitative estimate of drug-likeness (QED) is 0.200. The first kappa shape index (κ1) is 31.5. The van der Waals surface area contributed by atoms with Crippen LogP contribution in [0.5, 0.6) is 5.75 Å². The number of hydrogen-bond acceptors (Lipinski definition) is 7. The number of amides is 2. The van der Waals surface area contributed by atoms with Crippen molar-refractivity contribution in [2.45, 2.75) is 12.7 Å². The van der Waals surface area contributed by atoms with Gasteiger partial charge in [-0.05, 0) is 65.7 Å². The van der Waals surface area contributed by atoms with Gasteiger partial charge >= 0.3 is 6.18 Å². The summed E-state index contributed by atoms with van der Waals surface area (Å²) >= 11 is 0. The lowest BCUT2D eigenvalue weighted by Gasteiger charge is -2.27. The Morgan fingerprint density at radius 2 is 1.60 bits per heavy atom. The van der Waals surface area contributed by atoms with E-state index in [2.05, 4.69) is 20.7 Å². The normalized spacial score (nSPS) is 13.4. The molecule has 5 aromatic rings. The summed E-state index contributed by atoms with van der Waals surface area (Å²) in [7, 11) is 0. The fourth-order valence-corrected chi connectivity index (χ4v) is 4.91. The SMILES string of the molecule is O=C(NCc1ccc(F)cc1)c1ccc(-c2ccc3nc(Nc4ccc(C(=O)N5CCOCC5)cc4OCC(F)(F)F)nn3c2)cc1. The predicted molar refractivity (Wildman–Crippen MR) is 164 cm³/mol.